The maximum atomic E-state index is 2.43. The third-order valence-electron chi connectivity index (χ3n) is 1.21. The van der Waals surface area contributed by atoms with Gasteiger partial charge in [-0.15, -0.1) is 0 Å². The summed E-state index contributed by atoms with van der Waals surface area (Å²) in [7, 11) is 0. The molecule has 1 rings (SSSR count). The molecule has 0 aliphatic carbocycles. The predicted octanol–water partition coefficient (Wildman–Crippen LogP) is -0.713. The topological polar surface area (TPSA) is 0 Å². The monoisotopic (exact) mass is 221 g/mol. The molecule has 0 aromatic rings. The van der Waals surface area contributed by atoms with Gasteiger partial charge in [-0.2, -0.15) is 0 Å². The molecule has 0 amide bonds. The standard InChI is InChI=1S/C7H10I/c1-2-7-4-3-5-8-6-7/h3,5-6H,2,4H2,1H3/q-1. The Morgan fingerprint density at radius 2 is 2.62 bits per heavy atom. The quantitative estimate of drug-likeness (QED) is 0.513. The van der Waals surface area contributed by atoms with Crippen LogP contribution in [0.2, 0.25) is 0 Å². The number of rotatable bonds is 1. The van der Waals surface area contributed by atoms with Crippen molar-refractivity contribution in [1.82, 2.24) is 0 Å². The molecule has 0 unspecified atom stereocenters. The molecule has 0 spiro atoms. The first-order chi connectivity index (χ1) is 3.93. The summed E-state index contributed by atoms with van der Waals surface area (Å²) < 4.78 is 4.76. The van der Waals surface area contributed by atoms with E-state index in [0.29, 0.717) is 21.2 Å². The van der Waals surface area contributed by atoms with Gasteiger partial charge in [0.25, 0.3) is 0 Å². The minimum absolute atomic E-state index is 0.326. The van der Waals surface area contributed by atoms with Crippen molar-refractivity contribution in [3.8, 4) is 0 Å². The zero-order valence-corrected chi connectivity index (χ0v) is 7.18. The van der Waals surface area contributed by atoms with Gasteiger partial charge in [0.05, 0.1) is 0 Å². The first-order valence-corrected chi connectivity index (χ1v) is 5.37. The van der Waals surface area contributed by atoms with Crippen LogP contribution in [-0.4, -0.2) is 0 Å². The minimum atomic E-state index is 0.326. The van der Waals surface area contributed by atoms with Gasteiger partial charge in [0.15, 0.2) is 0 Å². The Morgan fingerprint density at radius 1 is 1.75 bits per heavy atom. The number of halogens is 1. The summed E-state index contributed by atoms with van der Waals surface area (Å²) in [6.45, 7) is 2.23. The summed E-state index contributed by atoms with van der Waals surface area (Å²) in [5.41, 5.74) is 1.64. The zero-order valence-electron chi connectivity index (χ0n) is 5.02. The van der Waals surface area contributed by atoms with Crippen molar-refractivity contribution < 1.29 is 21.2 Å². The van der Waals surface area contributed by atoms with Crippen molar-refractivity contribution in [3.05, 3.63) is 19.8 Å². The van der Waals surface area contributed by atoms with Crippen molar-refractivity contribution in [2.24, 2.45) is 0 Å². The van der Waals surface area contributed by atoms with Crippen LogP contribution in [0.1, 0.15) is 19.8 Å². The maximum absolute atomic E-state index is 2.43. The third kappa shape index (κ3) is 1.62. The van der Waals surface area contributed by atoms with E-state index in [2.05, 4.69) is 21.2 Å². The van der Waals surface area contributed by atoms with Gasteiger partial charge in [-0.3, -0.25) is 0 Å². The van der Waals surface area contributed by atoms with Crippen LogP contribution < -0.4 is 21.2 Å². The Labute approximate surface area is 60.9 Å². The van der Waals surface area contributed by atoms with Crippen molar-refractivity contribution in [1.29, 1.82) is 0 Å². The van der Waals surface area contributed by atoms with Crippen LogP contribution in [-0.2, 0) is 0 Å². The van der Waals surface area contributed by atoms with E-state index < -0.39 is 0 Å². The van der Waals surface area contributed by atoms with Crippen LogP contribution in [0.25, 0.3) is 0 Å². The second kappa shape index (κ2) is 3.28. The fraction of sp³-hybridized carbons (Fsp3) is 0.429. The third-order valence-corrected chi connectivity index (χ3v) is 3.38. The van der Waals surface area contributed by atoms with Gasteiger partial charge in [-0.25, -0.2) is 0 Å². The predicted molar refractivity (Wildman–Crippen MR) is 32.1 cm³/mol. The van der Waals surface area contributed by atoms with E-state index in [4.69, 9.17) is 0 Å². The van der Waals surface area contributed by atoms with Crippen molar-refractivity contribution in [3.63, 3.8) is 0 Å². The number of hydrogen-bond donors (Lipinski definition) is 0. The SMILES string of the molecule is CCC1=C[I-]C=CC1. The van der Waals surface area contributed by atoms with E-state index in [1.165, 1.54) is 12.8 Å². The van der Waals surface area contributed by atoms with Crippen LogP contribution in [0.4, 0.5) is 0 Å². The summed E-state index contributed by atoms with van der Waals surface area (Å²) in [5, 5.41) is 0. The molecule has 1 heterocycles. The molecule has 1 heteroatoms. The molecule has 0 aromatic carbocycles. The molecule has 0 fully saturated rings. The Morgan fingerprint density at radius 3 is 3.00 bits per heavy atom. The summed E-state index contributed by atoms with van der Waals surface area (Å²) in [6.07, 6.45) is 4.77. The number of allylic oxidation sites excluding steroid dienone is 2. The summed E-state index contributed by atoms with van der Waals surface area (Å²) in [6, 6.07) is 0. The summed E-state index contributed by atoms with van der Waals surface area (Å²) >= 11 is 0.326. The van der Waals surface area contributed by atoms with Gasteiger partial charge in [0, 0.05) is 0 Å². The average Bonchev–Trinajstić information content (AvgIpc) is 1.90. The van der Waals surface area contributed by atoms with E-state index in [0.717, 1.165) is 0 Å². The molecule has 1 aliphatic rings. The molecule has 0 saturated carbocycles. The van der Waals surface area contributed by atoms with Crippen LogP contribution >= 0.6 is 0 Å². The van der Waals surface area contributed by atoms with Gasteiger partial charge in [-0.05, 0) is 0 Å². The van der Waals surface area contributed by atoms with Crippen molar-refractivity contribution in [2.75, 3.05) is 0 Å². The second-order valence-electron chi connectivity index (χ2n) is 1.81. The molecule has 0 atom stereocenters. The Balaban J connectivity index is 2.43. The molecule has 0 bridgehead atoms. The number of hydrogen-bond acceptors (Lipinski definition) is 0. The Bertz CT molecular complexity index is 122. The molecule has 0 radical (unpaired) electrons. The molecule has 0 saturated heterocycles. The first-order valence-electron chi connectivity index (χ1n) is 2.88. The Hall–Kier alpha value is 0.210. The molecule has 0 aromatic heterocycles. The molecule has 0 N–H and O–H groups in total. The second-order valence-corrected chi connectivity index (χ2v) is 3.87. The van der Waals surface area contributed by atoms with Crippen LogP contribution in [0.5, 0.6) is 0 Å². The van der Waals surface area contributed by atoms with Crippen LogP contribution in [0.3, 0.4) is 0 Å². The molecular weight excluding hydrogens is 211 g/mol. The van der Waals surface area contributed by atoms with E-state index in [1.807, 2.05) is 0 Å². The molecule has 46 valence electrons. The first kappa shape index (κ1) is 6.33. The fourth-order valence-electron chi connectivity index (χ4n) is 0.639. The van der Waals surface area contributed by atoms with E-state index in [9.17, 15) is 0 Å². The van der Waals surface area contributed by atoms with Gasteiger partial charge < -0.3 is 0 Å². The van der Waals surface area contributed by atoms with Crippen molar-refractivity contribution in [2.45, 2.75) is 19.8 Å². The van der Waals surface area contributed by atoms with E-state index in [-0.39, 0.29) is 0 Å². The fourth-order valence-corrected chi connectivity index (χ4v) is 2.60. The van der Waals surface area contributed by atoms with Gasteiger partial charge in [0.2, 0.25) is 0 Å². The van der Waals surface area contributed by atoms with Crippen LogP contribution in [0, 0.1) is 0 Å². The normalized spacial score (nSPS) is 19.4. The van der Waals surface area contributed by atoms with Gasteiger partial charge >= 0.3 is 60.8 Å². The average molecular weight is 221 g/mol. The molecular formula is C7H10I-. The van der Waals surface area contributed by atoms with Crippen LogP contribution in [0.15, 0.2) is 19.8 Å². The molecule has 8 heavy (non-hydrogen) atoms. The molecule has 1 aliphatic heterocycles. The summed E-state index contributed by atoms with van der Waals surface area (Å²) in [4.78, 5) is 0. The Kier molecular flexibility index (Phi) is 2.59. The van der Waals surface area contributed by atoms with E-state index >= 15 is 0 Å². The van der Waals surface area contributed by atoms with Crippen molar-refractivity contribution >= 4 is 0 Å². The summed E-state index contributed by atoms with van der Waals surface area (Å²) in [5.74, 6) is 0. The van der Waals surface area contributed by atoms with E-state index in [1.54, 1.807) is 5.57 Å². The van der Waals surface area contributed by atoms with Gasteiger partial charge in [0.1, 0.15) is 0 Å². The zero-order chi connectivity index (χ0) is 5.82. The molecule has 0 nitrogen and oxygen atoms in total. The van der Waals surface area contributed by atoms with Gasteiger partial charge in [-0.1, -0.05) is 0 Å².